The van der Waals surface area contributed by atoms with Crippen molar-refractivity contribution in [2.75, 3.05) is 7.11 Å². The first-order chi connectivity index (χ1) is 8.11. The van der Waals surface area contributed by atoms with Gasteiger partial charge in [0.05, 0.1) is 24.4 Å². The van der Waals surface area contributed by atoms with Crippen LogP contribution in [-0.2, 0) is 0 Å². The molecular formula is C12H11NO4. The topological polar surface area (TPSA) is 72.6 Å². The Kier molecular flexibility index (Phi) is 2.82. The molecule has 0 aliphatic rings. The highest BCUT2D eigenvalue weighted by Crippen LogP contribution is 2.31. The summed E-state index contributed by atoms with van der Waals surface area (Å²) in [6.07, 6.45) is 1.58. The van der Waals surface area contributed by atoms with E-state index < -0.39 is 5.97 Å². The van der Waals surface area contributed by atoms with Gasteiger partial charge in [-0.3, -0.25) is 0 Å². The second kappa shape index (κ2) is 4.29. The Labute approximate surface area is 97.7 Å². The van der Waals surface area contributed by atoms with E-state index in [0.29, 0.717) is 23.0 Å². The minimum Gasteiger partial charge on any atom is -0.496 e. The van der Waals surface area contributed by atoms with Gasteiger partial charge >= 0.3 is 5.97 Å². The number of oxazole rings is 1. The first-order valence-electron chi connectivity index (χ1n) is 4.96. The van der Waals surface area contributed by atoms with Crippen LogP contribution in [0.5, 0.6) is 5.75 Å². The van der Waals surface area contributed by atoms with Crippen LogP contribution in [0.4, 0.5) is 0 Å². The average Bonchev–Trinajstić information content (AvgIpc) is 2.74. The number of hydrogen-bond donors (Lipinski definition) is 1. The van der Waals surface area contributed by atoms with Crippen molar-refractivity contribution in [3.05, 3.63) is 35.9 Å². The summed E-state index contributed by atoms with van der Waals surface area (Å²) in [5.41, 5.74) is 0.847. The fourth-order valence-corrected chi connectivity index (χ4v) is 1.51. The van der Waals surface area contributed by atoms with Crippen molar-refractivity contribution in [1.29, 1.82) is 0 Å². The number of hydrogen-bond acceptors (Lipinski definition) is 4. The van der Waals surface area contributed by atoms with Crippen molar-refractivity contribution in [3.63, 3.8) is 0 Å². The van der Waals surface area contributed by atoms with Gasteiger partial charge in [0.2, 0.25) is 0 Å². The first kappa shape index (κ1) is 11.2. The maximum Gasteiger partial charge on any atom is 0.335 e. The molecule has 0 saturated heterocycles. The lowest BCUT2D eigenvalue weighted by Crippen LogP contribution is -1.97. The third kappa shape index (κ3) is 2.13. The van der Waals surface area contributed by atoms with Crippen LogP contribution in [0.3, 0.4) is 0 Å². The van der Waals surface area contributed by atoms with Crippen molar-refractivity contribution in [2.45, 2.75) is 6.92 Å². The van der Waals surface area contributed by atoms with Crippen molar-refractivity contribution in [2.24, 2.45) is 0 Å². The summed E-state index contributed by atoms with van der Waals surface area (Å²) in [6, 6.07) is 4.59. The molecule has 0 radical (unpaired) electrons. The van der Waals surface area contributed by atoms with Gasteiger partial charge in [-0.1, -0.05) is 0 Å². The molecule has 88 valence electrons. The molecule has 0 unspecified atom stereocenters. The summed E-state index contributed by atoms with van der Waals surface area (Å²) < 4.78 is 10.5. The van der Waals surface area contributed by atoms with Gasteiger partial charge in [0, 0.05) is 6.92 Å². The van der Waals surface area contributed by atoms with Gasteiger partial charge in [-0.25, -0.2) is 9.78 Å². The lowest BCUT2D eigenvalue weighted by atomic mass is 10.1. The van der Waals surface area contributed by atoms with E-state index in [1.165, 1.54) is 19.2 Å². The van der Waals surface area contributed by atoms with Crippen LogP contribution in [0, 0.1) is 6.92 Å². The van der Waals surface area contributed by atoms with Crippen molar-refractivity contribution >= 4 is 5.97 Å². The highest BCUT2D eigenvalue weighted by molar-refractivity contribution is 5.89. The molecule has 5 heteroatoms. The minimum atomic E-state index is -0.997. The zero-order chi connectivity index (χ0) is 12.4. The predicted molar refractivity (Wildman–Crippen MR) is 60.2 cm³/mol. The van der Waals surface area contributed by atoms with Crippen molar-refractivity contribution < 1.29 is 19.1 Å². The molecule has 0 spiro atoms. The molecule has 1 aromatic heterocycles. The Morgan fingerprint density at radius 3 is 2.76 bits per heavy atom. The van der Waals surface area contributed by atoms with Gasteiger partial charge in [0.1, 0.15) is 5.75 Å². The molecule has 17 heavy (non-hydrogen) atoms. The summed E-state index contributed by atoms with van der Waals surface area (Å²) in [5.74, 6) is 0.547. The van der Waals surface area contributed by atoms with Crippen LogP contribution < -0.4 is 4.74 Å². The normalized spacial score (nSPS) is 10.2. The molecule has 1 aromatic carbocycles. The second-order valence-corrected chi connectivity index (χ2v) is 3.46. The SMILES string of the molecule is COc1cc(C(=O)O)ccc1-c1cnc(C)o1. The number of aryl methyl sites for hydroxylation is 1. The number of aromatic carboxylic acids is 1. The largest absolute Gasteiger partial charge is 0.496 e. The smallest absolute Gasteiger partial charge is 0.335 e. The van der Waals surface area contributed by atoms with E-state index in [1.807, 2.05) is 0 Å². The summed E-state index contributed by atoms with van der Waals surface area (Å²) in [5, 5.41) is 8.88. The van der Waals surface area contributed by atoms with Gasteiger partial charge in [0.15, 0.2) is 11.7 Å². The van der Waals surface area contributed by atoms with E-state index in [2.05, 4.69) is 4.98 Å². The van der Waals surface area contributed by atoms with Gasteiger partial charge in [0.25, 0.3) is 0 Å². The van der Waals surface area contributed by atoms with E-state index in [9.17, 15) is 4.79 Å². The highest BCUT2D eigenvalue weighted by Gasteiger charge is 2.13. The van der Waals surface area contributed by atoms with E-state index in [4.69, 9.17) is 14.3 Å². The zero-order valence-electron chi connectivity index (χ0n) is 9.43. The molecule has 0 saturated carbocycles. The fourth-order valence-electron chi connectivity index (χ4n) is 1.51. The first-order valence-corrected chi connectivity index (χ1v) is 4.96. The maximum absolute atomic E-state index is 10.8. The monoisotopic (exact) mass is 233 g/mol. The molecule has 2 rings (SSSR count). The van der Waals surface area contributed by atoms with Gasteiger partial charge in [-0.15, -0.1) is 0 Å². The lowest BCUT2D eigenvalue weighted by Gasteiger charge is -2.06. The maximum atomic E-state index is 10.8. The van der Waals surface area contributed by atoms with Crippen molar-refractivity contribution in [1.82, 2.24) is 4.98 Å². The summed E-state index contributed by atoms with van der Waals surface area (Å²) in [7, 11) is 1.48. The lowest BCUT2D eigenvalue weighted by molar-refractivity contribution is 0.0696. The molecule has 0 aliphatic carbocycles. The quantitative estimate of drug-likeness (QED) is 0.880. The highest BCUT2D eigenvalue weighted by atomic mass is 16.5. The van der Waals surface area contributed by atoms with Gasteiger partial charge < -0.3 is 14.3 Å². The number of ether oxygens (including phenoxy) is 1. The number of aromatic nitrogens is 1. The number of nitrogens with zero attached hydrogens (tertiary/aromatic N) is 1. The number of carboxylic acid groups (broad SMARTS) is 1. The third-order valence-corrected chi connectivity index (χ3v) is 2.34. The van der Waals surface area contributed by atoms with Crippen molar-refractivity contribution in [3.8, 4) is 17.1 Å². The van der Waals surface area contributed by atoms with E-state index in [1.54, 1.807) is 19.2 Å². The molecule has 5 nitrogen and oxygen atoms in total. The molecule has 0 amide bonds. The minimum absolute atomic E-state index is 0.168. The number of carbonyl (C=O) groups is 1. The third-order valence-electron chi connectivity index (χ3n) is 2.34. The van der Waals surface area contributed by atoms with Crippen LogP contribution in [0.2, 0.25) is 0 Å². The molecule has 0 bridgehead atoms. The summed E-state index contributed by atoms with van der Waals surface area (Å²) >= 11 is 0. The number of benzene rings is 1. The van der Waals surface area contributed by atoms with Crippen LogP contribution in [0.1, 0.15) is 16.2 Å². The molecule has 0 aliphatic heterocycles. The molecule has 0 atom stereocenters. The summed E-state index contributed by atoms with van der Waals surface area (Å²) in [6.45, 7) is 1.74. The molecule has 0 fully saturated rings. The molecule has 1 heterocycles. The number of carboxylic acids is 1. The number of rotatable bonds is 3. The van der Waals surface area contributed by atoms with Gasteiger partial charge in [-0.2, -0.15) is 0 Å². The Bertz CT molecular complexity index is 559. The molecule has 1 N–H and O–H groups in total. The molecule has 2 aromatic rings. The second-order valence-electron chi connectivity index (χ2n) is 3.46. The van der Waals surface area contributed by atoms with Gasteiger partial charge in [-0.05, 0) is 18.2 Å². The van der Waals surface area contributed by atoms with Crippen LogP contribution in [0.15, 0.2) is 28.8 Å². The Balaban J connectivity index is 2.51. The zero-order valence-corrected chi connectivity index (χ0v) is 9.43. The number of methoxy groups -OCH3 is 1. The standard InChI is InChI=1S/C12H11NO4/c1-7-13-6-11(17-7)9-4-3-8(12(14)15)5-10(9)16-2/h3-6H,1-2H3,(H,14,15). The van der Waals surface area contributed by atoms with Crippen LogP contribution in [0.25, 0.3) is 11.3 Å². The predicted octanol–water partition coefficient (Wildman–Crippen LogP) is 2.36. The Hall–Kier alpha value is -2.30. The average molecular weight is 233 g/mol. The van der Waals surface area contributed by atoms with E-state index >= 15 is 0 Å². The summed E-state index contributed by atoms with van der Waals surface area (Å²) in [4.78, 5) is 14.8. The molecular weight excluding hydrogens is 222 g/mol. The Morgan fingerprint density at radius 1 is 1.47 bits per heavy atom. The van der Waals surface area contributed by atoms with Crippen LogP contribution >= 0.6 is 0 Å². The fraction of sp³-hybridized carbons (Fsp3) is 0.167. The Morgan fingerprint density at radius 2 is 2.24 bits per heavy atom. The van der Waals surface area contributed by atoms with E-state index in [0.717, 1.165) is 0 Å². The van der Waals surface area contributed by atoms with Crippen LogP contribution in [-0.4, -0.2) is 23.2 Å². The van der Waals surface area contributed by atoms with E-state index in [-0.39, 0.29) is 5.56 Å².